The van der Waals surface area contributed by atoms with Crippen LogP contribution >= 0.6 is 0 Å². The number of benzene rings is 1. The van der Waals surface area contributed by atoms with Gasteiger partial charge in [-0.15, -0.1) is 0 Å². The number of hydrogen-bond donors (Lipinski definition) is 1. The molecule has 0 spiro atoms. The molecule has 0 saturated heterocycles. The van der Waals surface area contributed by atoms with E-state index in [9.17, 15) is 4.39 Å². The van der Waals surface area contributed by atoms with Crippen LogP contribution in [0.2, 0.25) is 0 Å². The molecule has 17 heavy (non-hydrogen) atoms. The molecule has 1 N–H and O–H groups in total. The maximum Gasteiger partial charge on any atom is 0.128 e. The molecule has 0 bridgehead atoms. The first-order chi connectivity index (χ1) is 8.18. The van der Waals surface area contributed by atoms with Crippen molar-refractivity contribution in [2.75, 3.05) is 5.32 Å². The molecule has 1 aromatic carbocycles. The zero-order chi connectivity index (χ0) is 12.3. The molecule has 88 valence electrons. The Labute approximate surface area is 101 Å². The van der Waals surface area contributed by atoms with E-state index < -0.39 is 0 Å². The van der Waals surface area contributed by atoms with Gasteiger partial charge in [-0.1, -0.05) is 18.2 Å². The van der Waals surface area contributed by atoms with Crippen molar-refractivity contribution in [1.82, 2.24) is 4.98 Å². The number of nitrogens with one attached hydrogen (secondary N) is 1. The number of aromatic nitrogens is 1. The molecular formula is C14H15FN2. The van der Waals surface area contributed by atoms with E-state index in [1.165, 1.54) is 6.07 Å². The fourth-order valence-corrected chi connectivity index (χ4v) is 1.77. The van der Waals surface area contributed by atoms with Crippen LogP contribution < -0.4 is 5.32 Å². The lowest BCUT2D eigenvalue weighted by atomic mass is 10.1. The van der Waals surface area contributed by atoms with Crippen LogP contribution in [0, 0.1) is 12.7 Å². The largest absolute Gasteiger partial charge is 0.377 e. The number of aryl methyl sites for hydroxylation is 1. The van der Waals surface area contributed by atoms with E-state index in [0.29, 0.717) is 5.56 Å². The summed E-state index contributed by atoms with van der Waals surface area (Å²) in [6, 6.07) is 10.5. The Bertz CT molecular complexity index is 511. The van der Waals surface area contributed by atoms with E-state index in [1.807, 2.05) is 32.0 Å². The number of rotatable bonds is 3. The van der Waals surface area contributed by atoms with Gasteiger partial charge in [-0.2, -0.15) is 0 Å². The van der Waals surface area contributed by atoms with Gasteiger partial charge in [-0.05, 0) is 32.0 Å². The first-order valence-electron chi connectivity index (χ1n) is 5.61. The van der Waals surface area contributed by atoms with Crippen molar-refractivity contribution in [2.24, 2.45) is 0 Å². The number of halogens is 1. The highest BCUT2D eigenvalue weighted by Crippen LogP contribution is 2.22. The third-order valence-corrected chi connectivity index (χ3v) is 2.75. The number of hydrogen-bond acceptors (Lipinski definition) is 2. The lowest BCUT2D eigenvalue weighted by molar-refractivity contribution is 0.600. The fourth-order valence-electron chi connectivity index (χ4n) is 1.77. The minimum absolute atomic E-state index is 0.0842. The second kappa shape index (κ2) is 4.95. The van der Waals surface area contributed by atoms with Crippen LogP contribution in [-0.4, -0.2) is 4.98 Å². The van der Waals surface area contributed by atoms with Gasteiger partial charge in [-0.25, -0.2) is 4.39 Å². The maximum absolute atomic E-state index is 13.6. The average Bonchev–Trinajstić information content (AvgIpc) is 2.32. The van der Waals surface area contributed by atoms with Gasteiger partial charge in [0.1, 0.15) is 5.82 Å². The molecule has 0 aliphatic heterocycles. The topological polar surface area (TPSA) is 24.9 Å². The van der Waals surface area contributed by atoms with Crippen LogP contribution in [-0.2, 0) is 0 Å². The van der Waals surface area contributed by atoms with E-state index in [-0.39, 0.29) is 11.9 Å². The highest BCUT2D eigenvalue weighted by molar-refractivity contribution is 5.48. The number of nitrogens with zero attached hydrogens (tertiary/aromatic N) is 1. The summed E-state index contributed by atoms with van der Waals surface area (Å²) in [5.74, 6) is -0.186. The second-order valence-corrected chi connectivity index (χ2v) is 4.02. The van der Waals surface area contributed by atoms with Crippen LogP contribution in [0.5, 0.6) is 0 Å². The van der Waals surface area contributed by atoms with Crippen molar-refractivity contribution in [3.8, 4) is 0 Å². The number of pyridine rings is 1. The molecule has 0 radical (unpaired) electrons. The molecule has 0 amide bonds. The summed E-state index contributed by atoms with van der Waals surface area (Å²) in [6.07, 6.45) is 1.74. The fraction of sp³-hybridized carbons (Fsp3) is 0.214. The van der Waals surface area contributed by atoms with E-state index in [4.69, 9.17) is 0 Å². The first-order valence-corrected chi connectivity index (χ1v) is 5.61. The standard InChI is InChI=1S/C14H15FN2/c1-10(12-6-3-4-7-13(12)15)17-14-8-5-9-16-11(14)2/h3-10,17H,1-2H3. The van der Waals surface area contributed by atoms with Crippen LogP contribution in [0.15, 0.2) is 42.6 Å². The SMILES string of the molecule is Cc1ncccc1NC(C)c1ccccc1F. The summed E-state index contributed by atoms with van der Waals surface area (Å²) in [7, 11) is 0. The smallest absolute Gasteiger partial charge is 0.128 e. The highest BCUT2D eigenvalue weighted by atomic mass is 19.1. The van der Waals surface area contributed by atoms with E-state index >= 15 is 0 Å². The Kier molecular flexibility index (Phi) is 3.38. The van der Waals surface area contributed by atoms with E-state index in [1.54, 1.807) is 18.3 Å². The molecule has 0 aliphatic carbocycles. The molecule has 3 heteroatoms. The number of anilines is 1. The molecule has 1 unspecified atom stereocenters. The Morgan fingerprint density at radius 3 is 2.65 bits per heavy atom. The molecule has 1 aromatic heterocycles. The molecule has 2 nitrogen and oxygen atoms in total. The molecule has 2 aromatic rings. The van der Waals surface area contributed by atoms with Crippen molar-refractivity contribution in [3.05, 3.63) is 59.7 Å². The third-order valence-electron chi connectivity index (χ3n) is 2.75. The summed E-state index contributed by atoms with van der Waals surface area (Å²) in [4.78, 5) is 4.19. The highest BCUT2D eigenvalue weighted by Gasteiger charge is 2.10. The lowest BCUT2D eigenvalue weighted by Crippen LogP contribution is -2.09. The van der Waals surface area contributed by atoms with Gasteiger partial charge in [0, 0.05) is 11.8 Å². The average molecular weight is 230 g/mol. The zero-order valence-corrected chi connectivity index (χ0v) is 9.94. The Morgan fingerprint density at radius 1 is 1.18 bits per heavy atom. The van der Waals surface area contributed by atoms with Crippen LogP contribution in [0.1, 0.15) is 24.2 Å². The lowest BCUT2D eigenvalue weighted by Gasteiger charge is -2.17. The molecule has 0 saturated carbocycles. The minimum Gasteiger partial charge on any atom is -0.377 e. The zero-order valence-electron chi connectivity index (χ0n) is 9.94. The molecule has 1 heterocycles. The van der Waals surface area contributed by atoms with Crippen molar-refractivity contribution in [3.63, 3.8) is 0 Å². The quantitative estimate of drug-likeness (QED) is 0.869. The molecular weight excluding hydrogens is 215 g/mol. The molecule has 0 aliphatic rings. The van der Waals surface area contributed by atoms with Gasteiger partial charge in [0.2, 0.25) is 0 Å². The van der Waals surface area contributed by atoms with E-state index in [2.05, 4.69) is 10.3 Å². The predicted molar refractivity (Wildman–Crippen MR) is 67.4 cm³/mol. The molecule has 0 fully saturated rings. The second-order valence-electron chi connectivity index (χ2n) is 4.02. The summed E-state index contributed by atoms with van der Waals surface area (Å²) >= 11 is 0. The molecule has 1 atom stereocenters. The van der Waals surface area contributed by atoms with Crippen molar-refractivity contribution in [2.45, 2.75) is 19.9 Å². The predicted octanol–water partition coefficient (Wildman–Crippen LogP) is 3.70. The molecule has 2 rings (SSSR count). The normalized spacial score (nSPS) is 12.2. The first kappa shape index (κ1) is 11.6. The van der Waals surface area contributed by atoms with Crippen molar-refractivity contribution < 1.29 is 4.39 Å². The van der Waals surface area contributed by atoms with Crippen LogP contribution in [0.3, 0.4) is 0 Å². The summed E-state index contributed by atoms with van der Waals surface area (Å²) in [5, 5.41) is 3.26. The Balaban J connectivity index is 2.20. The Hall–Kier alpha value is -1.90. The maximum atomic E-state index is 13.6. The van der Waals surface area contributed by atoms with Crippen molar-refractivity contribution >= 4 is 5.69 Å². The Morgan fingerprint density at radius 2 is 1.94 bits per heavy atom. The van der Waals surface area contributed by atoms with Crippen LogP contribution in [0.4, 0.5) is 10.1 Å². The monoisotopic (exact) mass is 230 g/mol. The van der Waals surface area contributed by atoms with Crippen molar-refractivity contribution in [1.29, 1.82) is 0 Å². The summed E-state index contributed by atoms with van der Waals surface area (Å²) in [6.45, 7) is 3.86. The van der Waals surface area contributed by atoms with Gasteiger partial charge in [0.25, 0.3) is 0 Å². The van der Waals surface area contributed by atoms with Gasteiger partial charge in [-0.3, -0.25) is 4.98 Å². The van der Waals surface area contributed by atoms with Gasteiger partial charge in [0.15, 0.2) is 0 Å². The van der Waals surface area contributed by atoms with E-state index in [0.717, 1.165) is 11.4 Å². The third kappa shape index (κ3) is 2.61. The van der Waals surface area contributed by atoms with Gasteiger partial charge >= 0.3 is 0 Å². The van der Waals surface area contributed by atoms with Crippen LogP contribution in [0.25, 0.3) is 0 Å². The minimum atomic E-state index is -0.186. The summed E-state index contributed by atoms with van der Waals surface area (Å²) in [5.41, 5.74) is 2.51. The van der Waals surface area contributed by atoms with Gasteiger partial charge < -0.3 is 5.32 Å². The van der Waals surface area contributed by atoms with Gasteiger partial charge in [0.05, 0.1) is 17.4 Å². The summed E-state index contributed by atoms with van der Waals surface area (Å²) < 4.78 is 13.6.